The minimum atomic E-state index is -0.550. The topological polar surface area (TPSA) is 48.0 Å². The highest BCUT2D eigenvalue weighted by Gasteiger charge is 2.36. The molecule has 140 valence electrons. The van der Waals surface area contributed by atoms with Gasteiger partial charge in [0.05, 0.1) is 25.4 Å². The van der Waals surface area contributed by atoms with Crippen LogP contribution in [0.1, 0.15) is 44.0 Å². The lowest BCUT2D eigenvalue weighted by atomic mass is 9.91. The number of ether oxygens (including phenoxy) is 3. The summed E-state index contributed by atoms with van der Waals surface area (Å²) >= 11 is 0. The molecule has 5 nitrogen and oxygen atoms in total. The van der Waals surface area contributed by atoms with Gasteiger partial charge in [0.1, 0.15) is 12.4 Å². The lowest BCUT2D eigenvalue weighted by molar-refractivity contribution is -0.00431. The van der Waals surface area contributed by atoms with Gasteiger partial charge in [-0.15, -0.1) is 0 Å². The minimum Gasteiger partial charge on any atom is -0.491 e. The Bertz CT molecular complexity index is 538. The molecule has 0 amide bonds. The Hall–Kier alpha value is -1.43. The first kappa shape index (κ1) is 19.9. The Morgan fingerprint density at radius 1 is 1.20 bits per heavy atom. The van der Waals surface area contributed by atoms with E-state index in [9.17, 15) is 4.79 Å². The Kier molecular flexibility index (Phi) is 7.88. The highest BCUT2D eigenvalue weighted by molar-refractivity contribution is 6.03. The molecule has 1 aromatic carbocycles. The van der Waals surface area contributed by atoms with Crippen molar-refractivity contribution in [3.05, 3.63) is 29.8 Å². The average Bonchev–Trinajstić information content (AvgIpc) is 2.65. The van der Waals surface area contributed by atoms with E-state index in [1.807, 2.05) is 38.1 Å². The van der Waals surface area contributed by atoms with Crippen molar-refractivity contribution >= 4 is 5.78 Å². The van der Waals surface area contributed by atoms with Crippen LogP contribution in [0.25, 0.3) is 0 Å². The molecule has 0 atom stereocenters. The van der Waals surface area contributed by atoms with E-state index in [0.29, 0.717) is 37.7 Å². The number of ketones is 1. The number of Topliss-reactive ketones (excluding diaryl/α,β-unsaturated/α-hetero) is 1. The number of unbranched alkanes of at least 4 members (excludes halogenated alkanes) is 1. The zero-order valence-electron chi connectivity index (χ0n) is 15.8. The van der Waals surface area contributed by atoms with Crippen LogP contribution in [0, 0.1) is 0 Å². The zero-order chi connectivity index (χ0) is 18.1. The monoisotopic (exact) mass is 349 g/mol. The second kappa shape index (κ2) is 9.90. The van der Waals surface area contributed by atoms with Crippen molar-refractivity contribution in [1.29, 1.82) is 0 Å². The van der Waals surface area contributed by atoms with E-state index in [0.717, 1.165) is 32.5 Å². The average molecular weight is 349 g/mol. The molecule has 0 radical (unpaired) electrons. The number of hydrogen-bond acceptors (Lipinski definition) is 5. The second-order valence-electron chi connectivity index (χ2n) is 6.83. The molecule has 0 bridgehead atoms. The molecular formula is C20H31NO4. The van der Waals surface area contributed by atoms with Crippen LogP contribution in [0.2, 0.25) is 0 Å². The molecule has 1 heterocycles. The van der Waals surface area contributed by atoms with Gasteiger partial charge in [-0.25, -0.2) is 0 Å². The molecule has 0 spiro atoms. The van der Waals surface area contributed by atoms with Crippen LogP contribution >= 0.6 is 0 Å². The van der Waals surface area contributed by atoms with E-state index >= 15 is 0 Å². The van der Waals surface area contributed by atoms with Gasteiger partial charge in [-0.05, 0) is 32.4 Å². The summed E-state index contributed by atoms with van der Waals surface area (Å²) in [6.07, 6.45) is 2.20. The summed E-state index contributed by atoms with van der Waals surface area (Å²) in [6.45, 7) is 10.9. The van der Waals surface area contributed by atoms with E-state index in [2.05, 4.69) is 11.8 Å². The third-order valence-corrected chi connectivity index (χ3v) is 4.59. The lowest BCUT2D eigenvalue weighted by Crippen LogP contribution is -2.54. The van der Waals surface area contributed by atoms with Crippen molar-refractivity contribution in [1.82, 2.24) is 4.90 Å². The first-order chi connectivity index (χ1) is 12.1. The van der Waals surface area contributed by atoms with E-state index in [1.54, 1.807) is 0 Å². The third-order valence-electron chi connectivity index (χ3n) is 4.59. The fourth-order valence-corrected chi connectivity index (χ4v) is 2.91. The Labute approximate surface area is 151 Å². The van der Waals surface area contributed by atoms with Crippen LogP contribution in [0.3, 0.4) is 0 Å². The van der Waals surface area contributed by atoms with E-state index < -0.39 is 5.54 Å². The molecule has 1 aliphatic rings. The van der Waals surface area contributed by atoms with Crippen molar-refractivity contribution in [3.8, 4) is 5.75 Å². The van der Waals surface area contributed by atoms with Crippen molar-refractivity contribution in [2.45, 2.75) is 39.2 Å². The summed E-state index contributed by atoms with van der Waals surface area (Å²) in [6, 6.07) is 7.44. The summed E-state index contributed by atoms with van der Waals surface area (Å²) in [7, 11) is 0. The second-order valence-corrected chi connectivity index (χ2v) is 6.83. The maximum absolute atomic E-state index is 13.0. The summed E-state index contributed by atoms with van der Waals surface area (Å²) in [5, 5.41) is 0. The normalized spacial score (nSPS) is 16.0. The van der Waals surface area contributed by atoms with Gasteiger partial charge < -0.3 is 14.2 Å². The van der Waals surface area contributed by atoms with Crippen LogP contribution < -0.4 is 4.74 Å². The number of carbonyl (C=O) groups is 1. The smallest absolute Gasteiger partial charge is 0.182 e. The van der Waals surface area contributed by atoms with Gasteiger partial charge in [0.15, 0.2) is 5.78 Å². The molecule has 0 aliphatic carbocycles. The predicted molar refractivity (Wildman–Crippen MR) is 98.5 cm³/mol. The molecule has 1 fully saturated rings. The van der Waals surface area contributed by atoms with Gasteiger partial charge in [-0.3, -0.25) is 9.69 Å². The Morgan fingerprint density at radius 2 is 1.96 bits per heavy atom. The predicted octanol–water partition coefficient (Wildman–Crippen LogP) is 3.18. The van der Waals surface area contributed by atoms with Crippen LogP contribution in [-0.4, -0.2) is 62.3 Å². The van der Waals surface area contributed by atoms with Crippen molar-refractivity contribution < 1.29 is 19.0 Å². The molecule has 0 unspecified atom stereocenters. The summed E-state index contributed by atoms with van der Waals surface area (Å²) in [4.78, 5) is 15.2. The highest BCUT2D eigenvalue weighted by Crippen LogP contribution is 2.24. The number of morpholine rings is 1. The quantitative estimate of drug-likeness (QED) is 0.480. The molecule has 5 heteroatoms. The Morgan fingerprint density at radius 3 is 2.68 bits per heavy atom. The molecule has 0 saturated carbocycles. The maximum Gasteiger partial charge on any atom is 0.182 e. The summed E-state index contributed by atoms with van der Waals surface area (Å²) in [5.74, 6) is 0.821. The molecule has 1 saturated heterocycles. The summed E-state index contributed by atoms with van der Waals surface area (Å²) < 4.78 is 16.6. The molecular weight excluding hydrogens is 318 g/mol. The molecule has 2 rings (SSSR count). The number of carbonyl (C=O) groups excluding carboxylic acids is 1. The van der Waals surface area contributed by atoms with Crippen LogP contribution in [0.15, 0.2) is 24.3 Å². The third kappa shape index (κ3) is 5.80. The number of rotatable bonds is 10. The van der Waals surface area contributed by atoms with E-state index in [-0.39, 0.29) is 5.78 Å². The zero-order valence-corrected chi connectivity index (χ0v) is 15.8. The van der Waals surface area contributed by atoms with Crippen LogP contribution in [0.4, 0.5) is 0 Å². The van der Waals surface area contributed by atoms with Crippen molar-refractivity contribution in [3.63, 3.8) is 0 Å². The van der Waals surface area contributed by atoms with Crippen LogP contribution in [-0.2, 0) is 9.47 Å². The Balaban J connectivity index is 1.91. The molecule has 1 aliphatic heterocycles. The molecule has 1 aromatic rings. The van der Waals surface area contributed by atoms with Gasteiger partial charge in [-0.2, -0.15) is 0 Å². The lowest BCUT2D eigenvalue weighted by Gasteiger charge is -2.39. The number of nitrogens with zero attached hydrogens (tertiary/aromatic N) is 1. The van der Waals surface area contributed by atoms with Gasteiger partial charge in [0.25, 0.3) is 0 Å². The van der Waals surface area contributed by atoms with Crippen molar-refractivity contribution in [2.75, 3.05) is 46.1 Å². The standard InChI is InChI=1S/C20H31NO4/c1-4-5-11-23-14-15-25-18-8-6-7-17(16-18)19(22)20(2,3)21-9-12-24-13-10-21/h6-8,16H,4-5,9-15H2,1-3H3. The van der Waals surface area contributed by atoms with Gasteiger partial charge in [-0.1, -0.05) is 25.5 Å². The largest absolute Gasteiger partial charge is 0.491 e. The molecule has 0 N–H and O–H groups in total. The van der Waals surface area contributed by atoms with E-state index in [1.165, 1.54) is 0 Å². The first-order valence-electron chi connectivity index (χ1n) is 9.24. The van der Waals surface area contributed by atoms with Crippen LogP contribution in [0.5, 0.6) is 5.75 Å². The van der Waals surface area contributed by atoms with Gasteiger partial charge >= 0.3 is 0 Å². The SMILES string of the molecule is CCCCOCCOc1cccc(C(=O)C(C)(C)N2CCOCC2)c1. The van der Waals surface area contributed by atoms with E-state index in [4.69, 9.17) is 14.2 Å². The van der Waals surface area contributed by atoms with Gasteiger partial charge in [0.2, 0.25) is 0 Å². The highest BCUT2D eigenvalue weighted by atomic mass is 16.5. The maximum atomic E-state index is 13.0. The van der Waals surface area contributed by atoms with Crippen molar-refractivity contribution in [2.24, 2.45) is 0 Å². The first-order valence-corrected chi connectivity index (χ1v) is 9.24. The molecule has 25 heavy (non-hydrogen) atoms. The fourth-order valence-electron chi connectivity index (χ4n) is 2.91. The minimum absolute atomic E-state index is 0.110. The fraction of sp³-hybridized carbons (Fsp3) is 0.650. The number of hydrogen-bond donors (Lipinski definition) is 0. The summed E-state index contributed by atoms with van der Waals surface area (Å²) in [5.41, 5.74) is 0.131. The number of benzene rings is 1. The van der Waals surface area contributed by atoms with Gasteiger partial charge in [0, 0.05) is 25.3 Å². The molecule has 0 aromatic heterocycles.